The highest BCUT2D eigenvalue weighted by molar-refractivity contribution is 5.37. The zero-order chi connectivity index (χ0) is 16.9. The van der Waals surface area contributed by atoms with E-state index >= 15 is 0 Å². The van der Waals surface area contributed by atoms with E-state index in [0.29, 0.717) is 5.92 Å². The molecule has 1 unspecified atom stereocenters. The predicted molar refractivity (Wildman–Crippen MR) is 95.3 cm³/mol. The van der Waals surface area contributed by atoms with Crippen LogP contribution in [0.15, 0.2) is 30.9 Å². The van der Waals surface area contributed by atoms with Gasteiger partial charge in [0.1, 0.15) is 12.1 Å². The summed E-state index contributed by atoms with van der Waals surface area (Å²) in [6, 6.07) is 3.93. The molecule has 0 N–H and O–H groups in total. The van der Waals surface area contributed by atoms with E-state index in [4.69, 9.17) is 0 Å². The molecular weight excluding hydrogens is 302 g/mol. The molecule has 0 aliphatic carbocycles. The first kappa shape index (κ1) is 16.6. The monoisotopic (exact) mass is 327 g/mol. The van der Waals surface area contributed by atoms with Crippen LogP contribution >= 0.6 is 0 Å². The third-order valence-corrected chi connectivity index (χ3v) is 4.30. The maximum Gasteiger partial charge on any atom is 0.225 e. The topological polar surface area (TPSA) is 61.3 Å². The lowest BCUT2D eigenvalue weighted by atomic mass is 10.0. The van der Waals surface area contributed by atoms with Gasteiger partial charge in [0, 0.05) is 64.4 Å². The zero-order valence-corrected chi connectivity index (χ0v) is 14.6. The molecule has 0 bridgehead atoms. The second-order valence-electron chi connectivity index (χ2n) is 6.59. The first-order valence-electron chi connectivity index (χ1n) is 8.30. The molecule has 1 aliphatic heterocycles. The molecule has 7 heteroatoms. The molecule has 2 aromatic heterocycles. The highest BCUT2D eigenvalue weighted by Crippen LogP contribution is 2.18. The number of likely N-dealkylation sites (N-methyl/N-ethyl adjacent to an activating group) is 1. The molecule has 1 aliphatic rings. The summed E-state index contributed by atoms with van der Waals surface area (Å²) < 4.78 is 0. The van der Waals surface area contributed by atoms with Gasteiger partial charge in [-0.1, -0.05) is 0 Å². The number of hydrogen-bond donors (Lipinski definition) is 0. The standard InChI is InChI=1S/C17H25N7/c1-22(2)16-10-15(20-13-21-16)9-14-11-23(3)7-8-24(12-14)17-18-5-4-6-19-17/h4-6,10,13-14H,7-9,11-12H2,1-3H3. The van der Waals surface area contributed by atoms with Crippen molar-refractivity contribution in [3.63, 3.8) is 0 Å². The van der Waals surface area contributed by atoms with Crippen molar-refractivity contribution in [2.45, 2.75) is 6.42 Å². The van der Waals surface area contributed by atoms with E-state index in [1.165, 1.54) is 0 Å². The SMILES string of the molecule is CN1CCN(c2ncccn2)CC(Cc2cc(N(C)C)ncn2)C1. The van der Waals surface area contributed by atoms with Gasteiger partial charge in [-0.3, -0.25) is 0 Å². The molecule has 3 rings (SSSR count). The summed E-state index contributed by atoms with van der Waals surface area (Å²) in [5.74, 6) is 2.24. The molecule has 0 saturated carbocycles. The summed E-state index contributed by atoms with van der Waals surface area (Å²) in [4.78, 5) is 24.3. The fraction of sp³-hybridized carbons (Fsp3) is 0.529. The van der Waals surface area contributed by atoms with Crippen LogP contribution in [-0.4, -0.2) is 72.2 Å². The maximum atomic E-state index is 4.46. The smallest absolute Gasteiger partial charge is 0.225 e. The third kappa shape index (κ3) is 4.17. The van der Waals surface area contributed by atoms with Crippen molar-refractivity contribution in [2.24, 2.45) is 5.92 Å². The van der Waals surface area contributed by atoms with Crippen LogP contribution < -0.4 is 9.80 Å². The second kappa shape index (κ2) is 7.53. The van der Waals surface area contributed by atoms with E-state index in [1.54, 1.807) is 18.7 Å². The van der Waals surface area contributed by atoms with Gasteiger partial charge >= 0.3 is 0 Å². The summed E-state index contributed by atoms with van der Waals surface area (Å²) in [6.45, 7) is 3.95. The lowest BCUT2D eigenvalue weighted by Gasteiger charge is -2.24. The number of nitrogens with zero attached hydrogens (tertiary/aromatic N) is 7. The van der Waals surface area contributed by atoms with Gasteiger partial charge in [0.25, 0.3) is 0 Å². The van der Waals surface area contributed by atoms with E-state index in [2.05, 4.69) is 42.8 Å². The molecule has 24 heavy (non-hydrogen) atoms. The van der Waals surface area contributed by atoms with Crippen molar-refractivity contribution in [2.75, 3.05) is 57.1 Å². The molecule has 1 atom stereocenters. The largest absolute Gasteiger partial charge is 0.363 e. The van der Waals surface area contributed by atoms with Crippen molar-refractivity contribution >= 4 is 11.8 Å². The lowest BCUT2D eigenvalue weighted by molar-refractivity contribution is 0.308. The molecule has 1 saturated heterocycles. The number of rotatable bonds is 4. The Morgan fingerprint density at radius 3 is 2.62 bits per heavy atom. The first-order chi connectivity index (χ1) is 11.6. The van der Waals surface area contributed by atoms with E-state index in [9.17, 15) is 0 Å². The van der Waals surface area contributed by atoms with Crippen molar-refractivity contribution in [1.82, 2.24) is 24.8 Å². The number of hydrogen-bond acceptors (Lipinski definition) is 7. The Labute approximate surface area is 143 Å². The summed E-state index contributed by atoms with van der Waals surface area (Å²) in [6.07, 6.45) is 6.19. The first-order valence-corrected chi connectivity index (χ1v) is 8.30. The number of anilines is 2. The van der Waals surface area contributed by atoms with Gasteiger partial charge < -0.3 is 14.7 Å². The fourth-order valence-electron chi connectivity index (χ4n) is 3.09. The maximum absolute atomic E-state index is 4.46. The van der Waals surface area contributed by atoms with Crippen molar-refractivity contribution < 1.29 is 0 Å². The Morgan fingerprint density at radius 1 is 1.08 bits per heavy atom. The van der Waals surface area contributed by atoms with Crippen LogP contribution in [0, 0.1) is 5.92 Å². The predicted octanol–water partition coefficient (Wildman–Crippen LogP) is 0.943. The van der Waals surface area contributed by atoms with Gasteiger partial charge in [-0.25, -0.2) is 19.9 Å². The van der Waals surface area contributed by atoms with Crippen molar-refractivity contribution in [1.29, 1.82) is 0 Å². The van der Waals surface area contributed by atoms with Gasteiger partial charge in [0.15, 0.2) is 0 Å². The Hall–Kier alpha value is -2.28. The molecule has 0 amide bonds. The lowest BCUT2D eigenvalue weighted by Crippen LogP contribution is -2.32. The number of aromatic nitrogens is 4. The summed E-state index contributed by atoms with van der Waals surface area (Å²) >= 11 is 0. The van der Waals surface area contributed by atoms with E-state index in [-0.39, 0.29) is 0 Å². The van der Waals surface area contributed by atoms with Crippen LogP contribution in [0.25, 0.3) is 0 Å². The summed E-state index contributed by atoms with van der Waals surface area (Å²) in [5, 5.41) is 0. The molecule has 0 aromatic carbocycles. The van der Waals surface area contributed by atoms with Crippen LogP contribution in [-0.2, 0) is 6.42 Å². The normalized spacial score (nSPS) is 19.1. The minimum atomic E-state index is 0.478. The second-order valence-corrected chi connectivity index (χ2v) is 6.59. The van der Waals surface area contributed by atoms with E-state index in [0.717, 1.165) is 50.1 Å². The average Bonchev–Trinajstić information content (AvgIpc) is 2.77. The van der Waals surface area contributed by atoms with Crippen LogP contribution in [0.5, 0.6) is 0 Å². The highest BCUT2D eigenvalue weighted by atomic mass is 15.3. The molecule has 0 spiro atoms. The molecule has 128 valence electrons. The highest BCUT2D eigenvalue weighted by Gasteiger charge is 2.23. The van der Waals surface area contributed by atoms with Gasteiger partial charge in [-0.15, -0.1) is 0 Å². The molecule has 1 fully saturated rings. The van der Waals surface area contributed by atoms with Gasteiger partial charge in [-0.05, 0) is 25.5 Å². The van der Waals surface area contributed by atoms with Crippen LogP contribution in [0.2, 0.25) is 0 Å². The Bertz CT molecular complexity index is 646. The molecule has 2 aromatic rings. The molecular formula is C17H25N7. The summed E-state index contributed by atoms with van der Waals surface area (Å²) in [5.41, 5.74) is 1.09. The van der Waals surface area contributed by atoms with E-state index in [1.807, 2.05) is 25.1 Å². The summed E-state index contributed by atoms with van der Waals surface area (Å²) in [7, 11) is 6.17. The van der Waals surface area contributed by atoms with Gasteiger partial charge in [0.05, 0.1) is 0 Å². The van der Waals surface area contributed by atoms with Crippen molar-refractivity contribution in [3.8, 4) is 0 Å². The fourth-order valence-corrected chi connectivity index (χ4v) is 3.09. The van der Waals surface area contributed by atoms with E-state index < -0.39 is 0 Å². The Morgan fingerprint density at radius 2 is 1.88 bits per heavy atom. The van der Waals surface area contributed by atoms with Crippen molar-refractivity contribution in [3.05, 3.63) is 36.5 Å². The van der Waals surface area contributed by atoms with Crippen LogP contribution in [0.1, 0.15) is 5.69 Å². The average molecular weight is 327 g/mol. The zero-order valence-electron chi connectivity index (χ0n) is 14.6. The molecule has 3 heterocycles. The van der Waals surface area contributed by atoms with Crippen LogP contribution in [0.4, 0.5) is 11.8 Å². The molecule has 7 nitrogen and oxygen atoms in total. The quantitative estimate of drug-likeness (QED) is 0.828. The Kier molecular flexibility index (Phi) is 5.20. The minimum Gasteiger partial charge on any atom is -0.363 e. The molecule has 0 radical (unpaired) electrons. The van der Waals surface area contributed by atoms with Crippen LogP contribution in [0.3, 0.4) is 0 Å². The Balaban J connectivity index is 1.74. The van der Waals surface area contributed by atoms with Gasteiger partial charge in [0.2, 0.25) is 5.95 Å². The third-order valence-electron chi connectivity index (χ3n) is 4.30. The minimum absolute atomic E-state index is 0.478. The van der Waals surface area contributed by atoms with Gasteiger partial charge in [-0.2, -0.15) is 0 Å².